The van der Waals surface area contributed by atoms with E-state index in [1.54, 1.807) is 0 Å². The van der Waals surface area contributed by atoms with E-state index in [0.29, 0.717) is 0 Å². The third kappa shape index (κ3) is 3.05. The number of ether oxygens (including phenoxy) is 1. The number of nitrogen functional groups attached to an aromatic ring is 1. The van der Waals surface area contributed by atoms with Gasteiger partial charge < -0.3 is 10.5 Å². The molecule has 3 N–H and O–H groups in total. The number of carbonyl (C=O) groups excluding carboxylic acids is 2. The van der Waals surface area contributed by atoms with E-state index in [-0.39, 0.29) is 28.4 Å². The van der Waals surface area contributed by atoms with Crippen molar-refractivity contribution < 1.29 is 27.5 Å². The van der Waals surface area contributed by atoms with Crippen LogP contribution in [0.1, 0.15) is 20.7 Å². The van der Waals surface area contributed by atoms with Crippen LogP contribution >= 0.6 is 0 Å². The van der Waals surface area contributed by atoms with Gasteiger partial charge in [-0.1, -0.05) is 6.07 Å². The first-order valence-corrected chi connectivity index (χ1v) is 6.88. The zero-order valence-corrected chi connectivity index (χ0v) is 12.4. The minimum Gasteiger partial charge on any atom is -0.484 e. The van der Waals surface area contributed by atoms with Crippen molar-refractivity contribution in [2.24, 2.45) is 0 Å². The van der Waals surface area contributed by atoms with Crippen molar-refractivity contribution in [3.05, 3.63) is 51.8 Å². The molecule has 0 saturated heterocycles. The highest BCUT2D eigenvalue weighted by molar-refractivity contribution is 6.23. The minimum atomic E-state index is -4.52. The summed E-state index contributed by atoms with van der Waals surface area (Å²) in [5, 5.41) is 2.02. The first-order valence-electron chi connectivity index (χ1n) is 6.88. The molecule has 130 valence electrons. The molecule has 0 spiro atoms. The molecule has 0 fully saturated rings. The first kappa shape index (κ1) is 16.6. The summed E-state index contributed by atoms with van der Waals surface area (Å²) < 4.78 is 42.3. The predicted octanol–water partition coefficient (Wildman–Crippen LogP) is 1.24. The molecule has 0 unspecified atom stereocenters. The van der Waals surface area contributed by atoms with Crippen molar-refractivity contribution in [2.45, 2.75) is 6.18 Å². The summed E-state index contributed by atoms with van der Waals surface area (Å²) in [6.45, 7) is -1.50. The van der Waals surface area contributed by atoms with Crippen molar-refractivity contribution in [3.63, 3.8) is 0 Å². The molecule has 0 aliphatic carbocycles. The fourth-order valence-corrected chi connectivity index (χ4v) is 2.42. The molecule has 2 heterocycles. The number of imide groups is 1. The van der Waals surface area contributed by atoms with E-state index in [1.807, 2.05) is 5.32 Å². The largest absolute Gasteiger partial charge is 0.484 e. The van der Waals surface area contributed by atoms with Crippen LogP contribution in [0.15, 0.2) is 35.1 Å². The summed E-state index contributed by atoms with van der Waals surface area (Å²) in [5.74, 6) is -1.92. The second-order valence-corrected chi connectivity index (χ2v) is 5.18. The van der Waals surface area contributed by atoms with Crippen LogP contribution in [0.5, 0.6) is 5.75 Å². The zero-order valence-electron chi connectivity index (χ0n) is 12.4. The smallest absolute Gasteiger partial charge is 0.422 e. The van der Waals surface area contributed by atoms with Gasteiger partial charge in [0.25, 0.3) is 17.4 Å². The van der Waals surface area contributed by atoms with E-state index in [0.717, 1.165) is 10.6 Å². The number of amides is 2. The molecule has 3 rings (SSSR count). The molecule has 0 radical (unpaired) electrons. The predicted molar refractivity (Wildman–Crippen MR) is 79.8 cm³/mol. The second kappa shape index (κ2) is 5.65. The lowest BCUT2D eigenvalue weighted by molar-refractivity contribution is -0.153. The van der Waals surface area contributed by atoms with Gasteiger partial charge in [0.05, 0.1) is 16.8 Å². The Kier molecular flexibility index (Phi) is 3.74. The number of fused-ring (bicyclic) bond motifs is 1. The van der Waals surface area contributed by atoms with Gasteiger partial charge in [-0.2, -0.15) is 13.2 Å². The molecule has 1 aromatic carbocycles. The highest BCUT2D eigenvalue weighted by atomic mass is 19.4. The number of hydrogen-bond acceptors (Lipinski definition) is 5. The van der Waals surface area contributed by atoms with Crippen LogP contribution < -0.4 is 21.3 Å². The summed E-state index contributed by atoms with van der Waals surface area (Å²) in [7, 11) is 0. The van der Waals surface area contributed by atoms with Crippen LogP contribution in [-0.2, 0) is 0 Å². The topological polar surface area (TPSA) is 103 Å². The quantitative estimate of drug-likeness (QED) is 0.808. The number of alkyl halides is 3. The molecule has 1 aromatic heterocycles. The Labute approximate surface area is 137 Å². The Bertz CT molecular complexity index is 950. The van der Waals surface area contributed by atoms with Gasteiger partial charge in [-0.25, -0.2) is 0 Å². The van der Waals surface area contributed by atoms with Crippen LogP contribution in [0.2, 0.25) is 0 Å². The molecule has 1 aliphatic rings. The van der Waals surface area contributed by atoms with Crippen molar-refractivity contribution in [1.82, 2.24) is 9.88 Å². The highest BCUT2D eigenvalue weighted by Gasteiger charge is 2.32. The molecular weight excluding hydrogens is 343 g/mol. The van der Waals surface area contributed by atoms with Crippen LogP contribution in [0.4, 0.5) is 19.0 Å². The van der Waals surface area contributed by atoms with E-state index in [9.17, 15) is 27.6 Å². The number of anilines is 1. The normalized spacial score (nSPS) is 13.6. The maximum atomic E-state index is 12.3. The minimum absolute atomic E-state index is 0.0946. The summed E-state index contributed by atoms with van der Waals surface area (Å²) in [5.41, 5.74) is 4.92. The fraction of sp³-hybridized carbons (Fsp3) is 0.133. The van der Waals surface area contributed by atoms with Gasteiger partial charge in [-0.05, 0) is 12.1 Å². The Hall–Kier alpha value is -3.30. The number of halogens is 3. The number of nitrogens with one attached hydrogen (secondary N) is 1. The molecule has 2 amide bonds. The van der Waals surface area contributed by atoms with Crippen LogP contribution in [0.3, 0.4) is 0 Å². The van der Waals surface area contributed by atoms with E-state index in [4.69, 9.17) is 5.73 Å². The SMILES string of the molecule is Nc1c2c(cc(=O)n1-c1cccc(OCC(F)(F)F)c1)C(=O)NC2=O. The average Bonchev–Trinajstić information content (AvgIpc) is 2.79. The Morgan fingerprint density at radius 1 is 1.12 bits per heavy atom. The number of nitrogens with two attached hydrogens (primary N) is 1. The van der Waals surface area contributed by atoms with Gasteiger partial charge in [0, 0.05) is 12.1 Å². The van der Waals surface area contributed by atoms with Crippen molar-refractivity contribution in [2.75, 3.05) is 12.3 Å². The van der Waals surface area contributed by atoms with Gasteiger partial charge >= 0.3 is 6.18 Å². The van der Waals surface area contributed by atoms with Crippen LogP contribution in [0.25, 0.3) is 5.69 Å². The molecule has 1 aliphatic heterocycles. The lowest BCUT2D eigenvalue weighted by Gasteiger charge is -2.14. The number of rotatable bonds is 3. The van der Waals surface area contributed by atoms with Crippen molar-refractivity contribution >= 4 is 17.6 Å². The van der Waals surface area contributed by atoms with Crippen LogP contribution in [-0.4, -0.2) is 29.2 Å². The molecule has 0 saturated carbocycles. The molecule has 7 nitrogen and oxygen atoms in total. The van der Waals surface area contributed by atoms with Crippen molar-refractivity contribution in [1.29, 1.82) is 0 Å². The standard InChI is InChI=1S/C15H10F3N3O4/c16-15(17,18)6-25-8-3-1-2-7(4-8)21-10(22)5-9-11(12(21)19)14(24)20-13(9)23/h1-5H,6,19H2,(H,20,23,24). The summed E-state index contributed by atoms with van der Waals surface area (Å²) in [4.78, 5) is 35.6. The second-order valence-electron chi connectivity index (χ2n) is 5.18. The highest BCUT2D eigenvalue weighted by Crippen LogP contribution is 2.25. The zero-order chi connectivity index (χ0) is 18.4. The van der Waals surface area contributed by atoms with E-state index in [2.05, 4.69) is 4.74 Å². The average molecular weight is 353 g/mol. The summed E-state index contributed by atoms with van der Waals surface area (Å²) in [6, 6.07) is 6.16. The van der Waals surface area contributed by atoms with Gasteiger partial charge in [-0.15, -0.1) is 0 Å². The number of carbonyl (C=O) groups is 2. The van der Waals surface area contributed by atoms with Gasteiger partial charge in [0.1, 0.15) is 11.6 Å². The number of pyridine rings is 1. The third-order valence-corrected chi connectivity index (χ3v) is 3.43. The van der Waals surface area contributed by atoms with E-state index < -0.39 is 30.2 Å². The molecular formula is C15H10F3N3O4. The first-order chi connectivity index (χ1) is 11.7. The summed E-state index contributed by atoms with van der Waals surface area (Å²) in [6.07, 6.45) is -4.52. The maximum absolute atomic E-state index is 12.3. The third-order valence-electron chi connectivity index (χ3n) is 3.43. The van der Waals surface area contributed by atoms with Gasteiger partial charge in [-0.3, -0.25) is 24.3 Å². The van der Waals surface area contributed by atoms with Gasteiger partial charge in [0.15, 0.2) is 6.61 Å². The molecule has 2 aromatic rings. The van der Waals surface area contributed by atoms with E-state index in [1.165, 1.54) is 24.3 Å². The molecule has 0 bridgehead atoms. The number of benzene rings is 1. The fourth-order valence-electron chi connectivity index (χ4n) is 2.42. The summed E-state index contributed by atoms with van der Waals surface area (Å²) >= 11 is 0. The maximum Gasteiger partial charge on any atom is 0.422 e. The molecule has 10 heteroatoms. The van der Waals surface area contributed by atoms with Crippen LogP contribution in [0, 0.1) is 0 Å². The molecule has 0 atom stereocenters. The Morgan fingerprint density at radius 2 is 1.84 bits per heavy atom. The lowest BCUT2D eigenvalue weighted by Crippen LogP contribution is -2.24. The van der Waals surface area contributed by atoms with E-state index >= 15 is 0 Å². The Balaban J connectivity index is 2.06. The molecule has 25 heavy (non-hydrogen) atoms. The van der Waals surface area contributed by atoms with Crippen molar-refractivity contribution in [3.8, 4) is 11.4 Å². The lowest BCUT2D eigenvalue weighted by atomic mass is 10.1. The number of aromatic nitrogens is 1. The van der Waals surface area contributed by atoms with Gasteiger partial charge in [0.2, 0.25) is 0 Å². The monoisotopic (exact) mass is 353 g/mol. The Morgan fingerprint density at radius 3 is 2.52 bits per heavy atom. The number of nitrogens with zero attached hydrogens (tertiary/aromatic N) is 1. The number of hydrogen-bond donors (Lipinski definition) is 2.